The highest BCUT2D eigenvalue weighted by atomic mass is 16.5. The van der Waals surface area contributed by atoms with Crippen molar-refractivity contribution in [2.75, 3.05) is 39.2 Å². The van der Waals surface area contributed by atoms with E-state index in [1.165, 1.54) is 20.0 Å². The second-order valence-electron chi connectivity index (χ2n) is 10.6. The molecule has 1 fully saturated rings. The zero-order valence-corrected chi connectivity index (χ0v) is 23.9. The fourth-order valence-electron chi connectivity index (χ4n) is 6.08. The molecular weight excluding hydrogens is 480 g/mol. The van der Waals surface area contributed by atoms with Gasteiger partial charge < -0.3 is 19.9 Å². The molecule has 0 bridgehead atoms. The number of aliphatic imine (C=N–C) groups is 1. The first-order valence-corrected chi connectivity index (χ1v) is 13.7. The maximum absolute atomic E-state index is 13.7. The number of methoxy groups -OCH3 is 1. The lowest BCUT2D eigenvalue weighted by atomic mass is 9.88. The number of rotatable bonds is 9. The average molecular weight is 523 g/mol. The first-order valence-electron chi connectivity index (χ1n) is 13.7. The van der Waals surface area contributed by atoms with Crippen LogP contribution in [0.2, 0.25) is 0 Å². The predicted molar refractivity (Wildman–Crippen MR) is 152 cm³/mol. The molecule has 1 aromatic carbocycles. The molecule has 38 heavy (non-hydrogen) atoms. The maximum Gasteiger partial charge on any atom is 0.258 e. The fourth-order valence-corrected chi connectivity index (χ4v) is 6.08. The topological polar surface area (TPSA) is 92.1 Å². The van der Waals surface area contributed by atoms with Gasteiger partial charge in [-0.05, 0) is 77.8 Å². The second-order valence-corrected chi connectivity index (χ2v) is 10.6. The van der Waals surface area contributed by atoms with Gasteiger partial charge >= 0.3 is 0 Å². The van der Waals surface area contributed by atoms with Crippen LogP contribution in [0.15, 0.2) is 29.1 Å². The summed E-state index contributed by atoms with van der Waals surface area (Å²) < 4.78 is 7.26. The summed E-state index contributed by atoms with van der Waals surface area (Å²) >= 11 is 0. The normalized spacial score (nSPS) is 21.9. The van der Waals surface area contributed by atoms with Crippen LogP contribution in [-0.4, -0.2) is 78.6 Å². The van der Waals surface area contributed by atoms with Crippen LogP contribution in [0.25, 0.3) is 10.9 Å². The first kappa shape index (κ1) is 27.8. The van der Waals surface area contributed by atoms with Gasteiger partial charge in [-0.2, -0.15) is 5.10 Å². The van der Waals surface area contributed by atoms with Crippen LogP contribution < -0.4 is 10.2 Å². The number of aryl methyl sites for hydroxylation is 1. The molecule has 0 radical (unpaired) electrons. The quantitative estimate of drug-likeness (QED) is 0.540. The van der Waals surface area contributed by atoms with Gasteiger partial charge in [0.2, 0.25) is 0 Å². The van der Waals surface area contributed by atoms with E-state index in [0.717, 1.165) is 41.5 Å². The van der Waals surface area contributed by atoms with Crippen LogP contribution in [-0.2, 0) is 23.0 Å². The van der Waals surface area contributed by atoms with Gasteiger partial charge in [0.1, 0.15) is 11.7 Å². The minimum absolute atomic E-state index is 0.127. The van der Waals surface area contributed by atoms with E-state index in [-0.39, 0.29) is 18.4 Å². The Kier molecular flexibility index (Phi) is 8.55. The molecule has 1 aromatic heterocycles. The monoisotopic (exact) mass is 522 g/mol. The van der Waals surface area contributed by atoms with Crippen molar-refractivity contribution < 1.29 is 14.3 Å². The number of ether oxygens (including phenoxy) is 1. The van der Waals surface area contributed by atoms with E-state index in [2.05, 4.69) is 53.2 Å². The van der Waals surface area contributed by atoms with Gasteiger partial charge in [0.05, 0.1) is 24.5 Å². The van der Waals surface area contributed by atoms with Gasteiger partial charge in [0, 0.05) is 48.9 Å². The number of carbonyl (C=O) groups is 2. The van der Waals surface area contributed by atoms with E-state index in [1.54, 1.807) is 13.0 Å². The largest absolute Gasteiger partial charge is 0.500 e. The lowest BCUT2D eigenvalue weighted by Crippen LogP contribution is -2.43. The van der Waals surface area contributed by atoms with Gasteiger partial charge in [0.15, 0.2) is 0 Å². The Morgan fingerprint density at radius 2 is 1.87 bits per heavy atom. The minimum atomic E-state index is -0.628. The molecule has 1 unspecified atom stereocenters. The molecule has 0 spiro atoms. The van der Waals surface area contributed by atoms with E-state index in [1.807, 2.05) is 24.0 Å². The molecule has 9 nitrogen and oxygen atoms in total. The van der Waals surface area contributed by atoms with Crippen molar-refractivity contribution in [2.45, 2.75) is 65.0 Å². The smallest absolute Gasteiger partial charge is 0.258 e. The molecule has 2 aliphatic rings. The van der Waals surface area contributed by atoms with Crippen LogP contribution in [0, 0.1) is 5.92 Å². The summed E-state index contributed by atoms with van der Waals surface area (Å²) in [6.07, 6.45) is 8.96. The molecule has 2 amide bonds. The number of nitrogens with one attached hydrogen (secondary N) is 1. The van der Waals surface area contributed by atoms with Crippen molar-refractivity contribution in [3.8, 4) is 0 Å². The second kappa shape index (κ2) is 11.7. The zero-order chi connectivity index (χ0) is 27.6. The van der Waals surface area contributed by atoms with Crippen LogP contribution in [0.5, 0.6) is 0 Å². The highest BCUT2D eigenvalue weighted by Gasteiger charge is 2.32. The van der Waals surface area contributed by atoms with E-state index < -0.39 is 5.92 Å². The van der Waals surface area contributed by atoms with Crippen molar-refractivity contribution in [2.24, 2.45) is 18.0 Å². The van der Waals surface area contributed by atoms with Crippen molar-refractivity contribution in [3.63, 3.8) is 0 Å². The summed E-state index contributed by atoms with van der Waals surface area (Å²) in [5.41, 5.74) is 4.30. The van der Waals surface area contributed by atoms with Gasteiger partial charge in [-0.15, -0.1) is 0 Å². The van der Waals surface area contributed by atoms with Crippen molar-refractivity contribution >= 4 is 34.1 Å². The van der Waals surface area contributed by atoms with E-state index >= 15 is 0 Å². The molecule has 1 saturated carbocycles. The highest BCUT2D eigenvalue weighted by molar-refractivity contribution is 6.07. The Labute approximate surface area is 225 Å². The average Bonchev–Trinajstić information content (AvgIpc) is 3.28. The lowest BCUT2D eigenvalue weighted by Gasteiger charge is -2.40. The Hall–Kier alpha value is -3.20. The standard InChI is InChI=1S/C29H42N6O3/c1-8-21-22(28(36)30-16-24-26(38-7)14-18(3)32-29(24)37)15-25-23(17-31-34(25)6)27(21)35(9-2)20-12-10-19(11-13-20)33(4)5/h14-15,17,19-20,24H,8-13,16H2,1-7H3,(H,30,36). The Morgan fingerprint density at radius 1 is 1.18 bits per heavy atom. The number of nitrogens with zero attached hydrogens (tertiary/aromatic N) is 5. The summed E-state index contributed by atoms with van der Waals surface area (Å²) in [6.45, 7) is 7.04. The molecule has 1 aliphatic heterocycles. The van der Waals surface area contributed by atoms with Crippen molar-refractivity contribution in [1.29, 1.82) is 0 Å². The predicted octanol–water partition coefficient (Wildman–Crippen LogP) is 3.71. The third-order valence-corrected chi connectivity index (χ3v) is 8.18. The summed E-state index contributed by atoms with van der Waals surface area (Å²) in [6, 6.07) is 2.97. The Morgan fingerprint density at radius 3 is 2.47 bits per heavy atom. The fraction of sp³-hybridized carbons (Fsp3) is 0.586. The number of benzene rings is 1. The third-order valence-electron chi connectivity index (χ3n) is 8.18. The number of fused-ring (bicyclic) bond motifs is 1. The molecule has 2 heterocycles. The SMILES string of the molecule is CCc1c(C(=O)NCC2C(=O)N=C(C)C=C2OC)cc2c(cnn2C)c1N(CC)C1CCC(N(C)C)CC1. The number of hydrogen-bond donors (Lipinski definition) is 1. The number of amides is 2. The molecule has 1 N–H and O–H groups in total. The molecule has 1 aliphatic carbocycles. The zero-order valence-electron chi connectivity index (χ0n) is 23.9. The molecule has 206 valence electrons. The first-order chi connectivity index (χ1) is 18.2. The van der Waals surface area contributed by atoms with E-state index in [4.69, 9.17) is 4.74 Å². The molecule has 4 rings (SSSR count). The molecule has 2 aromatic rings. The van der Waals surface area contributed by atoms with E-state index in [9.17, 15) is 9.59 Å². The van der Waals surface area contributed by atoms with Crippen LogP contribution in [0.1, 0.15) is 62.4 Å². The van der Waals surface area contributed by atoms with E-state index in [0.29, 0.717) is 35.5 Å². The number of allylic oxidation sites excluding steroid dienone is 1. The number of dihydropyridines is 1. The molecule has 1 atom stereocenters. The molecule has 9 heteroatoms. The highest BCUT2D eigenvalue weighted by Crippen LogP contribution is 2.38. The summed E-state index contributed by atoms with van der Waals surface area (Å²) in [4.78, 5) is 35.2. The minimum Gasteiger partial charge on any atom is -0.500 e. The van der Waals surface area contributed by atoms with Gasteiger partial charge in [-0.25, -0.2) is 4.99 Å². The Balaban J connectivity index is 1.68. The van der Waals surface area contributed by atoms with Gasteiger partial charge in [-0.1, -0.05) is 6.92 Å². The van der Waals surface area contributed by atoms with Gasteiger partial charge in [-0.3, -0.25) is 14.3 Å². The number of hydrogen-bond acceptors (Lipinski definition) is 6. The lowest BCUT2D eigenvalue weighted by molar-refractivity contribution is -0.121. The van der Waals surface area contributed by atoms with Crippen LogP contribution >= 0.6 is 0 Å². The maximum atomic E-state index is 13.7. The summed E-state index contributed by atoms with van der Waals surface area (Å²) in [5.74, 6) is -0.609. The number of carbonyl (C=O) groups excluding carboxylic acids is 2. The van der Waals surface area contributed by atoms with Crippen LogP contribution in [0.3, 0.4) is 0 Å². The molecule has 0 saturated heterocycles. The molecular formula is C29H42N6O3. The van der Waals surface area contributed by atoms with Crippen LogP contribution in [0.4, 0.5) is 5.69 Å². The van der Waals surface area contributed by atoms with Crippen molar-refractivity contribution in [1.82, 2.24) is 20.0 Å². The van der Waals surface area contributed by atoms with Crippen molar-refractivity contribution in [3.05, 3.63) is 35.2 Å². The van der Waals surface area contributed by atoms with Gasteiger partial charge in [0.25, 0.3) is 11.8 Å². The number of aromatic nitrogens is 2. The third kappa shape index (κ3) is 5.34. The summed E-state index contributed by atoms with van der Waals surface area (Å²) in [5, 5.41) is 8.64. The number of anilines is 1. The summed E-state index contributed by atoms with van der Waals surface area (Å²) in [7, 11) is 7.78. The Bertz CT molecular complexity index is 1250.